The predicted octanol–water partition coefficient (Wildman–Crippen LogP) is 5.07. The summed E-state index contributed by atoms with van der Waals surface area (Å²) in [4.78, 5) is 10.3. The van der Waals surface area contributed by atoms with Gasteiger partial charge in [0.25, 0.3) is 0 Å². The maximum absolute atomic E-state index is 10.3. The fourth-order valence-electron chi connectivity index (χ4n) is 2.79. The molecule has 4 heteroatoms. The number of carbonyl (C=O) groups is 1. The molecule has 0 fully saturated rings. The van der Waals surface area contributed by atoms with Gasteiger partial charge in [-0.3, -0.25) is 0 Å². The number of quaternary nitrogens is 1. The second-order valence-electron chi connectivity index (χ2n) is 7.03. The first-order chi connectivity index (χ1) is 10.5. The van der Waals surface area contributed by atoms with E-state index in [1.165, 1.54) is 70.8 Å². The Balaban J connectivity index is 3.35. The first-order valence-electron chi connectivity index (χ1n) is 9.15. The van der Waals surface area contributed by atoms with Crippen LogP contribution in [0.1, 0.15) is 77.6 Å². The molecular formula is C18H38NO3+. The summed E-state index contributed by atoms with van der Waals surface area (Å²) in [5, 5.41) is 8.42. The maximum atomic E-state index is 10.3. The second kappa shape index (κ2) is 13.9. The van der Waals surface area contributed by atoms with E-state index in [1.807, 2.05) is 0 Å². The van der Waals surface area contributed by atoms with Crippen LogP contribution in [-0.4, -0.2) is 49.5 Å². The van der Waals surface area contributed by atoms with Gasteiger partial charge >= 0.3 is 6.16 Å². The van der Waals surface area contributed by atoms with Gasteiger partial charge in [-0.2, -0.15) is 0 Å². The number of nitrogens with zero attached hydrogens (tertiary/aromatic N) is 1. The van der Waals surface area contributed by atoms with Crippen molar-refractivity contribution in [1.82, 2.24) is 0 Å². The molecule has 0 saturated carbocycles. The summed E-state index contributed by atoms with van der Waals surface area (Å²) in [5.41, 5.74) is 0. The van der Waals surface area contributed by atoms with E-state index >= 15 is 0 Å². The molecule has 0 aliphatic carbocycles. The molecule has 0 bridgehead atoms. The van der Waals surface area contributed by atoms with Gasteiger partial charge in [0.15, 0.2) is 0 Å². The molecule has 0 spiro atoms. The Kier molecular flexibility index (Phi) is 13.4. The minimum Gasteiger partial charge on any atom is -0.450 e. The highest BCUT2D eigenvalue weighted by molar-refractivity contribution is 5.56. The van der Waals surface area contributed by atoms with E-state index in [0.717, 1.165) is 17.4 Å². The van der Waals surface area contributed by atoms with Crippen molar-refractivity contribution in [1.29, 1.82) is 0 Å². The Labute approximate surface area is 137 Å². The van der Waals surface area contributed by atoms with Crippen molar-refractivity contribution in [3.05, 3.63) is 0 Å². The number of ether oxygens (including phenoxy) is 1. The normalized spacial score (nSPS) is 11.6. The van der Waals surface area contributed by atoms with E-state index in [9.17, 15) is 4.79 Å². The molecule has 0 heterocycles. The zero-order chi connectivity index (χ0) is 16.7. The summed E-state index contributed by atoms with van der Waals surface area (Å²) in [5.74, 6) is 0. The summed E-state index contributed by atoms with van der Waals surface area (Å²) in [7, 11) is 4.43. The molecule has 0 radical (unpaired) electrons. The molecule has 0 aromatic carbocycles. The standard InChI is InChI=1S/C18H37NO3/c1-4-5-6-7-8-9-10-11-12-13-15-19(2,3)16-14-17-22-18(20)21/h4-17H2,1-3H3/p+1. The third-order valence-electron chi connectivity index (χ3n) is 4.25. The van der Waals surface area contributed by atoms with Gasteiger partial charge in [-0.15, -0.1) is 0 Å². The zero-order valence-electron chi connectivity index (χ0n) is 15.1. The molecule has 0 aromatic heterocycles. The topological polar surface area (TPSA) is 46.5 Å². The van der Waals surface area contributed by atoms with Crippen molar-refractivity contribution in [2.75, 3.05) is 33.8 Å². The van der Waals surface area contributed by atoms with Crippen molar-refractivity contribution in [2.24, 2.45) is 0 Å². The van der Waals surface area contributed by atoms with Gasteiger partial charge in [0.05, 0.1) is 27.2 Å². The summed E-state index contributed by atoms with van der Waals surface area (Å²) < 4.78 is 5.51. The minimum atomic E-state index is -1.17. The molecule has 132 valence electrons. The van der Waals surface area contributed by atoms with Crippen LogP contribution < -0.4 is 0 Å². The van der Waals surface area contributed by atoms with Crippen LogP contribution in [0.4, 0.5) is 4.79 Å². The van der Waals surface area contributed by atoms with Gasteiger partial charge in [-0.1, -0.05) is 58.3 Å². The number of hydrogen-bond acceptors (Lipinski definition) is 2. The van der Waals surface area contributed by atoms with Crippen molar-refractivity contribution < 1.29 is 19.1 Å². The Morgan fingerprint density at radius 3 is 1.77 bits per heavy atom. The Hall–Kier alpha value is -0.770. The van der Waals surface area contributed by atoms with Gasteiger partial charge in [0.2, 0.25) is 0 Å². The molecule has 1 N–H and O–H groups in total. The quantitative estimate of drug-likeness (QED) is 0.261. The highest BCUT2D eigenvalue weighted by Gasteiger charge is 2.14. The zero-order valence-corrected chi connectivity index (χ0v) is 15.1. The SMILES string of the molecule is CCCCCCCCCCCC[N+](C)(C)CCCOC(=O)O. The predicted molar refractivity (Wildman–Crippen MR) is 92.3 cm³/mol. The van der Waals surface area contributed by atoms with Crippen molar-refractivity contribution in [3.63, 3.8) is 0 Å². The molecule has 0 amide bonds. The summed E-state index contributed by atoms with van der Waals surface area (Å²) in [6, 6.07) is 0. The van der Waals surface area contributed by atoms with E-state index in [4.69, 9.17) is 5.11 Å². The molecule has 0 rings (SSSR count). The molecule has 0 saturated heterocycles. The smallest absolute Gasteiger partial charge is 0.450 e. The first kappa shape index (κ1) is 21.2. The van der Waals surface area contributed by atoms with Crippen LogP contribution in [0.25, 0.3) is 0 Å². The van der Waals surface area contributed by atoms with Crippen molar-refractivity contribution in [2.45, 2.75) is 77.6 Å². The van der Waals surface area contributed by atoms with Crippen molar-refractivity contribution >= 4 is 6.16 Å². The molecular weight excluding hydrogens is 278 g/mol. The lowest BCUT2D eigenvalue weighted by Crippen LogP contribution is -2.41. The van der Waals surface area contributed by atoms with Crippen LogP contribution in [0.15, 0.2) is 0 Å². The number of carboxylic acid groups (broad SMARTS) is 1. The highest BCUT2D eigenvalue weighted by atomic mass is 16.7. The summed E-state index contributed by atoms with van der Waals surface area (Å²) in [6.07, 6.45) is 13.3. The fraction of sp³-hybridized carbons (Fsp3) is 0.944. The molecule has 22 heavy (non-hydrogen) atoms. The average Bonchev–Trinajstić information content (AvgIpc) is 2.45. The molecule has 0 unspecified atom stereocenters. The maximum Gasteiger partial charge on any atom is 0.505 e. The van der Waals surface area contributed by atoms with Gasteiger partial charge < -0.3 is 14.3 Å². The van der Waals surface area contributed by atoms with Gasteiger partial charge in [-0.25, -0.2) is 4.79 Å². The second-order valence-corrected chi connectivity index (χ2v) is 7.03. The number of unbranched alkanes of at least 4 members (excludes halogenated alkanes) is 9. The molecule has 0 aromatic rings. The van der Waals surface area contributed by atoms with E-state index in [2.05, 4.69) is 25.8 Å². The third kappa shape index (κ3) is 15.6. The first-order valence-corrected chi connectivity index (χ1v) is 9.15. The highest BCUT2D eigenvalue weighted by Crippen LogP contribution is 2.11. The van der Waals surface area contributed by atoms with Crippen LogP contribution >= 0.6 is 0 Å². The van der Waals surface area contributed by atoms with E-state index in [0.29, 0.717) is 6.61 Å². The fourth-order valence-corrected chi connectivity index (χ4v) is 2.79. The molecule has 4 nitrogen and oxygen atoms in total. The van der Waals surface area contributed by atoms with Crippen LogP contribution in [0.3, 0.4) is 0 Å². The molecule has 0 atom stereocenters. The van der Waals surface area contributed by atoms with Crippen LogP contribution in [-0.2, 0) is 4.74 Å². The minimum absolute atomic E-state index is 0.315. The monoisotopic (exact) mass is 316 g/mol. The van der Waals surface area contributed by atoms with Gasteiger partial charge in [-0.05, 0) is 12.8 Å². The Morgan fingerprint density at radius 1 is 0.818 bits per heavy atom. The molecule has 0 aliphatic heterocycles. The van der Waals surface area contributed by atoms with Crippen molar-refractivity contribution in [3.8, 4) is 0 Å². The lowest BCUT2D eigenvalue weighted by atomic mass is 10.1. The van der Waals surface area contributed by atoms with E-state index in [1.54, 1.807) is 0 Å². The van der Waals surface area contributed by atoms with E-state index < -0.39 is 6.16 Å². The van der Waals surface area contributed by atoms with E-state index in [-0.39, 0.29) is 0 Å². The summed E-state index contributed by atoms with van der Waals surface area (Å²) in [6.45, 7) is 4.72. The van der Waals surface area contributed by atoms with Crippen LogP contribution in [0.5, 0.6) is 0 Å². The van der Waals surface area contributed by atoms with Gasteiger partial charge in [0, 0.05) is 6.42 Å². The van der Waals surface area contributed by atoms with Crippen LogP contribution in [0.2, 0.25) is 0 Å². The number of hydrogen-bond donors (Lipinski definition) is 1. The van der Waals surface area contributed by atoms with Gasteiger partial charge in [0.1, 0.15) is 6.61 Å². The molecule has 0 aliphatic rings. The number of rotatable bonds is 15. The van der Waals surface area contributed by atoms with Crippen LogP contribution in [0, 0.1) is 0 Å². The lowest BCUT2D eigenvalue weighted by molar-refractivity contribution is -0.890. The summed E-state index contributed by atoms with van der Waals surface area (Å²) >= 11 is 0. The average molecular weight is 317 g/mol. The lowest BCUT2D eigenvalue weighted by Gasteiger charge is -2.29. The Morgan fingerprint density at radius 2 is 1.27 bits per heavy atom. The largest absolute Gasteiger partial charge is 0.505 e. The Bertz CT molecular complexity index is 267. The third-order valence-corrected chi connectivity index (χ3v) is 4.25.